The van der Waals surface area contributed by atoms with Gasteiger partial charge in [-0.25, -0.2) is 0 Å². The topological polar surface area (TPSA) is 70.7 Å². The summed E-state index contributed by atoms with van der Waals surface area (Å²) in [7, 11) is 1.62. The highest BCUT2D eigenvalue weighted by Gasteiger charge is 2.26. The van der Waals surface area contributed by atoms with E-state index >= 15 is 0 Å². The summed E-state index contributed by atoms with van der Waals surface area (Å²) in [5, 5.41) is 6.16. The quantitative estimate of drug-likeness (QED) is 0.825. The lowest BCUT2D eigenvalue weighted by Crippen LogP contribution is -2.43. The van der Waals surface area contributed by atoms with E-state index in [0.29, 0.717) is 18.0 Å². The molecule has 1 aliphatic heterocycles. The van der Waals surface area contributed by atoms with E-state index in [1.54, 1.807) is 20.1 Å². The first-order valence-electron chi connectivity index (χ1n) is 7.68. The summed E-state index contributed by atoms with van der Waals surface area (Å²) in [6.45, 7) is 3.26. The summed E-state index contributed by atoms with van der Waals surface area (Å²) in [6, 6.07) is 5.54. The number of benzene rings is 1. The lowest BCUT2D eigenvalue weighted by Gasteiger charge is -2.21. The molecule has 2 N–H and O–H groups in total. The van der Waals surface area contributed by atoms with Crippen molar-refractivity contribution in [3.63, 3.8) is 0 Å². The highest BCUT2D eigenvalue weighted by Crippen LogP contribution is 2.33. The minimum atomic E-state index is -0.170. The lowest BCUT2D eigenvalue weighted by molar-refractivity contribution is -0.126. The van der Waals surface area contributed by atoms with Gasteiger partial charge in [-0.2, -0.15) is 0 Å². The van der Waals surface area contributed by atoms with Gasteiger partial charge in [-0.15, -0.1) is 0 Å². The van der Waals surface area contributed by atoms with Gasteiger partial charge in [0.2, 0.25) is 11.8 Å². The first-order chi connectivity index (χ1) is 11.0. The van der Waals surface area contributed by atoms with Crippen molar-refractivity contribution in [3.8, 4) is 5.75 Å². The molecule has 7 heteroatoms. The minimum Gasteiger partial charge on any atom is -0.495 e. The summed E-state index contributed by atoms with van der Waals surface area (Å²) in [5.74, 6) is 0.463. The van der Waals surface area contributed by atoms with Crippen molar-refractivity contribution in [3.05, 3.63) is 23.2 Å². The number of hydrogen-bond acceptors (Lipinski definition) is 4. The van der Waals surface area contributed by atoms with Gasteiger partial charge in [0, 0.05) is 30.6 Å². The molecule has 23 heavy (non-hydrogen) atoms. The van der Waals surface area contributed by atoms with Crippen LogP contribution in [0.2, 0.25) is 5.02 Å². The Morgan fingerprint density at radius 3 is 2.87 bits per heavy atom. The van der Waals surface area contributed by atoms with Gasteiger partial charge in [-0.1, -0.05) is 18.5 Å². The van der Waals surface area contributed by atoms with Crippen LogP contribution in [0.25, 0.3) is 0 Å². The Bertz CT molecular complexity index is 580. The number of ether oxygens (including phenoxy) is 1. The van der Waals surface area contributed by atoms with Crippen LogP contribution in [0.5, 0.6) is 5.75 Å². The number of nitrogens with one attached hydrogen (secondary N) is 2. The number of carbonyl (C=O) groups is 2. The predicted octanol–water partition coefficient (Wildman–Crippen LogP) is 1.57. The number of anilines is 1. The summed E-state index contributed by atoms with van der Waals surface area (Å²) in [4.78, 5) is 25.2. The third-order valence-electron chi connectivity index (χ3n) is 3.80. The smallest absolute Gasteiger partial charge is 0.239 e. The average molecular weight is 340 g/mol. The molecule has 126 valence electrons. The van der Waals surface area contributed by atoms with Gasteiger partial charge in [0.05, 0.1) is 19.3 Å². The SMILES string of the molecule is CCC(=O)NCC(=O)N[C@@H]1CCN(c2cc(Cl)ccc2OC)C1. The van der Waals surface area contributed by atoms with E-state index in [0.717, 1.165) is 24.4 Å². The Labute approximate surface area is 141 Å². The van der Waals surface area contributed by atoms with E-state index in [1.807, 2.05) is 12.1 Å². The standard InChI is InChI=1S/C16H22ClN3O3/c1-3-15(21)18-9-16(22)19-12-6-7-20(10-12)13-8-11(17)4-5-14(13)23-2/h4-5,8,12H,3,6-7,9-10H2,1-2H3,(H,18,21)(H,19,22)/t12-/m1/s1. The zero-order chi connectivity index (χ0) is 16.8. The highest BCUT2D eigenvalue weighted by molar-refractivity contribution is 6.30. The number of nitrogens with zero attached hydrogens (tertiary/aromatic N) is 1. The maximum Gasteiger partial charge on any atom is 0.239 e. The van der Waals surface area contributed by atoms with Crippen LogP contribution in [0, 0.1) is 0 Å². The Morgan fingerprint density at radius 2 is 2.17 bits per heavy atom. The van der Waals surface area contributed by atoms with Gasteiger partial charge in [-0.05, 0) is 24.6 Å². The molecule has 1 fully saturated rings. The zero-order valence-corrected chi connectivity index (χ0v) is 14.2. The number of carbonyl (C=O) groups excluding carboxylic acids is 2. The molecule has 6 nitrogen and oxygen atoms in total. The second kappa shape index (κ2) is 8.06. The fraction of sp³-hybridized carbons (Fsp3) is 0.500. The third-order valence-corrected chi connectivity index (χ3v) is 4.04. The molecular formula is C16H22ClN3O3. The van der Waals surface area contributed by atoms with Crippen molar-refractivity contribution < 1.29 is 14.3 Å². The Hall–Kier alpha value is -1.95. The molecule has 1 aliphatic rings. The van der Waals surface area contributed by atoms with Crippen LogP contribution in [0.1, 0.15) is 19.8 Å². The molecule has 0 radical (unpaired) electrons. The number of hydrogen-bond donors (Lipinski definition) is 2. The number of rotatable bonds is 6. The van der Waals surface area contributed by atoms with Crippen LogP contribution in [0.4, 0.5) is 5.69 Å². The second-order valence-electron chi connectivity index (χ2n) is 5.45. The van der Waals surface area contributed by atoms with Gasteiger partial charge in [0.1, 0.15) is 5.75 Å². The Balaban J connectivity index is 1.90. The highest BCUT2D eigenvalue weighted by atomic mass is 35.5. The van der Waals surface area contributed by atoms with Crippen LogP contribution in [-0.2, 0) is 9.59 Å². The summed E-state index contributed by atoms with van der Waals surface area (Å²) in [5.41, 5.74) is 0.927. The molecular weight excluding hydrogens is 318 g/mol. The molecule has 0 saturated carbocycles. The largest absolute Gasteiger partial charge is 0.495 e. The summed E-state index contributed by atoms with van der Waals surface area (Å²) < 4.78 is 5.37. The number of methoxy groups -OCH3 is 1. The molecule has 2 rings (SSSR count). The van der Waals surface area contributed by atoms with Crippen molar-refractivity contribution >= 4 is 29.1 Å². The normalized spacial score (nSPS) is 17.0. The van der Waals surface area contributed by atoms with Gasteiger partial charge < -0.3 is 20.3 Å². The lowest BCUT2D eigenvalue weighted by atomic mass is 10.2. The van der Waals surface area contributed by atoms with E-state index < -0.39 is 0 Å². The number of halogens is 1. The van der Waals surface area contributed by atoms with Crippen molar-refractivity contribution in [1.82, 2.24) is 10.6 Å². The first-order valence-corrected chi connectivity index (χ1v) is 8.05. The van der Waals surface area contributed by atoms with E-state index in [2.05, 4.69) is 15.5 Å². The fourth-order valence-electron chi connectivity index (χ4n) is 2.59. The third kappa shape index (κ3) is 4.76. The van der Waals surface area contributed by atoms with Crippen LogP contribution in [0.3, 0.4) is 0 Å². The van der Waals surface area contributed by atoms with Gasteiger partial charge >= 0.3 is 0 Å². The number of amides is 2. The van der Waals surface area contributed by atoms with E-state index in [9.17, 15) is 9.59 Å². The molecule has 0 bridgehead atoms. The van der Waals surface area contributed by atoms with Crippen LogP contribution < -0.4 is 20.3 Å². The van der Waals surface area contributed by atoms with E-state index in [4.69, 9.17) is 16.3 Å². The Morgan fingerprint density at radius 1 is 1.39 bits per heavy atom. The maximum absolute atomic E-state index is 11.8. The van der Waals surface area contributed by atoms with Crippen molar-refractivity contribution in [2.24, 2.45) is 0 Å². The molecule has 1 saturated heterocycles. The molecule has 0 aliphatic carbocycles. The maximum atomic E-state index is 11.8. The Kier molecular flexibility index (Phi) is 6.10. The van der Waals surface area contributed by atoms with E-state index in [1.165, 1.54) is 0 Å². The van der Waals surface area contributed by atoms with Crippen molar-refractivity contribution in [2.75, 3.05) is 31.6 Å². The summed E-state index contributed by atoms with van der Waals surface area (Å²) >= 11 is 6.07. The zero-order valence-electron chi connectivity index (χ0n) is 13.4. The average Bonchev–Trinajstić information content (AvgIpc) is 3.00. The summed E-state index contributed by atoms with van der Waals surface area (Å²) in [6.07, 6.45) is 1.21. The molecule has 1 heterocycles. The molecule has 0 spiro atoms. The molecule has 1 atom stereocenters. The van der Waals surface area contributed by atoms with Crippen LogP contribution in [0.15, 0.2) is 18.2 Å². The first kappa shape index (κ1) is 17.4. The van der Waals surface area contributed by atoms with Gasteiger partial charge in [0.25, 0.3) is 0 Å². The molecule has 0 unspecified atom stereocenters. The van der Waals surface area contributed by atoms with Crippen molar-refractivity contribution in [1.29, 1.82) is 0 Å². The molecule has 2 amide bonds. The minimum absolute atomic E-state index is 0.0175. The van der Waals surface area contributed by atoms with Crippen molar-refractivity contribution in [2.45, 2.75) is 25.8 Å². The second-order valence-corrected chi connectivity index (χ2v) is 5.88. The predicted molar refractivity (Wildman–Crippen MR) is 90.1 cm³/mol. The molecule has 1 aromatic carbocycles. The monoisotopic (exact) mass is 339 g/mol. The van der Waals surface area contributed by atoms with Gasteiger partial charge in [0.15, 0.2) is 0 Å². The van der Waals surface area contributed by atoms with E-state index in [-0.39, 0.29) is 24.4 Å². The van der Waals surface area contributed by atoms with Crippen LogP contribution >= 0.6 is 11.6 Å². The fourth-order valence-corrected chi connectivity index (χ4v) is 2.76. The molecule has 0 aromatic heterocycles. The molecule has 1 aromatic rings. The van der Waals surface area contributed by atoms with Crippen LogP contribution in [-0.4, -0.2) is 44.6 Å². The van der Waals surface area contributed by atoms with Gasteiger partial charge in [-0.3, -0.25) is 9.59 Å².